The van der Waals surface area contributed by atoms with Crippen LogP contribution in [-0.4, -0.2) is 11.0 Å². The summed E-state index contributed by atoms with van der Waals surface area (Å²) < 4.78 is 0. The lowest BCUT2D eigenvalue weighted by Gasteiger charge is -2.33. The summed E-state index contributed by atoms with van der Waals surface area (Å²) in [5, 5.41) is 3.56. The molecular formula is C14H23N3. The zero-order valence-electron chi connectivity index (χ0n) is 11.0. The normalized spacial score (nSPS) is 29.0. The lowest BCUT2D eigenvalue weighted by molar-refractivity contribution is 0.260. The van der Waals surface area contributed by atoms with Gasteiger partial charge in [-0.2, -0.15) is 0 Å². The van der Waals surface area contributed by atoms with Crippen molar-refractivity contribution in [3.05, 3.63) is 17.8 Å². The highest BCUT2D eigenvalue weighted by molar-refractivity contribution is 5.51. The van der Waals surface area contributed by atoms with Gasteiger partial charge in [-0.25, -0.2) is 4.98 Å². The third-order valence-electron chi connectivity index (χ3n) is 4.04. The second kappa shape index (κ2) is 4.94. The molecule has 3 unspecified atom stereocenters. The Balaban J connectivity index is 2.01. The van der Waals surface area contributed by atoms with Crippen molar-refractivity contribution in [1.82, 2.24) is 4.98 Å². The Morgan fingerprint density at radius 2 is 2.06 bits per heavy atom. The van der Waals surface area contributed by atoms with E-state index in [0.29, 0.717) is 6.04 Å². The van der Waals surface area contributed by atoms with Crippen molar-refractivity contribution in [3.63, 3.8) is 0 Å². The minimum atomic E-state index is 0.566. The van der Waals surface area contributed by atoms with Crippen molar-refractivity contribution in [2.45, 2.75) is 46.1 Å². The van der Waals surface area contributed by atoms with Crippen LogP contribution in [0.5, 0.6) is 0 Å². The molecule has 3 N–H and O–H groups in total. The van der Waals surface area contributed by atoms with Gasteiger partial charge >= 0.3 is 0 Å². The number of aromatic nitrogens is 1. The first-order valence-corrected chi connectivity index (χ1v) is 6.55. The third-order valence-corrected chi connectivity index (χ3v) is 4.04. The van der Waals surface area contributed by atoms with Crippen molar-refractivity contribution < 1.29 is 0 Å². The number of nitrogens with two attached hydrogens (primary N) is 1. The van der Waals surface area contributed by atoms with Gasteiger partial charge in [0.25, 0.3) is 0 Å². The van der Waals surface area contributed by atoms with Crippen LogP contribution in [-0.2, 0) is 0 Å². The molecule has 0 amide bonds. The maximum atomic E-state index is 5.71. The molecule has 0 aliphatic heterocycles. The van der Waals surface area contributed by atoms with Gasteiger partial charge in [-0.05, 0) is 49.7 Å². The molecule has 3 heteroatoms. The van der Waals surface area contributed by atoms with Crippen molar-refractivity contribution in [1.29, 1.82) is 0 Å². The Morgan fingerprint density at radius 3 is 2.71 bits per heavy atom. The fraction of sp³-hybridized carbons (Fsp3) is 0.643. The lowest BCUT2D eigenvalue weighted by Crippen LogP contribution is -2.30. The van der Waals surface area contributed by atoms with Crippen molar-refractivity contribution in [2.24, 2.45) is 11.8 Å². The number of hydrogen-bond acceptors (Lipinski definition) is 3. The highest BCUT2D eigenvalue weighted by Gasteiger charge is 2.24. The van der Waals surface area contributed by atoms with E-state index in [1.165, 1.54) is 19.3 Å². The number of nitrogen functional groups attached to an aromatic ring is 1. The van der Waals surface area contributed by atoms with Crippen LogP contribution in [0.25, 0.3) is 0 Å². The summed E-state index contributed by atoms with van der Waals surface area (Å²) >= 11 is 0. The molecule has 2 rings (SSSR count). The van der Waals surface area contributed by atoms with E-state index >= 15 is 0 Å². The first-order valence-electron chi connectivity index (χ1n) is 6.55. The fourth-order valence-corrected chi connectivity index (χ4v) is 2.62. The Hall–Kier alpha value is -1.25. The zero-order valence-corrected chi connectivity index (χ0v) is 11.0. The van der Waals surface area contributed by atoms with Gasteiger partial charge in [0, 0.05) is 6.04 Å². The van der Waals surface area contributed by atoms with Gasteiger partial charge in [-0.1, -0.05) is 13.8 Å². The van der Waals surface area contributed by atoms with Gasteiger partial charge < -0.3 is 11.1 Å². The molecule has 1 fully saturated rings. The molecule has 17 heavy (non-hydrogen) atoms. The Morgan fingerprint density at radius 1 is 1.29 bits per heavy atom. The minimum Gasteiger partial charge on any atom is -0.397 e. The van der Waals surface area contributed by atoms with Crippen LogP contribution in [0.1, 0.15) is 38.7 Å². The van der Waals surface area contributed by atoms with Gasteiger partial charge in [0.05, 0.1) is 11.9 Å². The quantitative estimate of drug-likeness (QED) is 0.824. The van der Waals surface area contributed by atoms with Gasteiger partial charge in [0.15, 0.2) is 0 Å². The molecule has 1 heterocycles. The summed E-state index contributed by atoms with van der Waals surface area (Å²) in [5.74, 6) is 2.65. The van der Waals surface area contributed by atoms with Crippen LogP contribution in [0.2, 0.25) is 0 Å². The van der Waals surface area contributed by atoms with E-state index in [9.17, 15) is 0 Å². The summed E-state index contributed by atoms with van der Waals surface area (Å²) in [6.07, 6.45) is 5.53. The summed E-state index contributed by atoms with van der Waals surface area (Å²) in [7, 11) is 0. The SMILES string of the molecule is Cc1cc(N)cnc1NC1CCC(C)C(C)C1. The topological polar surface area (TPSA) is 50.9 Å². The highest BCUT2D eigenvalue weighted by atomic mass is 15.0. The zero-order chi connectivity index (χ0) is 12.4. The molecule has 0 spiro atoms. The van der Waals surface area contributed by atoms with Gasteiger partial charge in [-0.3, -0.25) is 0 Å². The number of aryl methyl sites for hydroxylation is 1. The van der Waals surface area contributed by atoms with Gasteiger partial charge in [0.1, 0.15) is 5.82 Å². The van der Waals surface area contributed by atoms with Gasteiger partial charge in [-0.15, -0.1) is 0 Å². The van der Waals surface area contributed by atoms with Crippen LogP contribution in [0, 0.1) is 18.8 Å². The summed E-state index contributed by atoms with van der Waals surface area (Å²) in [4.78, 5) is 4.38. The van der Waals surface area contributed by atoms with E-state index in [4.69, 9.17) is 5.73 Å². The molecule has 94 valence electrons. The van der Waals surface area contributed by atoms with E-state index in [1.54, 1.807) is 6.20 Å². The predicted octanol–water partition coefficient (Wildman–Crippen LogP) is 3.21. The fourth-order valence-electron chi connectivity index (χ4n) is 2.62. The first-order chi connectivity index (χ1) is 8.06. The second-order valence-corrected chi connectivity index (χ2v) is 5.54. The largest absolute Gasteiger partial charge is 0.397 e. The van der Waals surface area contributed by atoms with Crippen LogP contribution in [0.3, 0.4) is 0 Å². The molecule has 1 aromatic rings. The average molecular weight is 233 g/mol. The standard InChI is InChI=1S/C14H23N3/c1-9-4-5-13(7-10(9)2)17-14-11(3)6-12(15)8-16-14/h6,8-10,13H,4-5,7,15H2,1-3H3,(H,16,17). The number of rotatable bonds is 2. The van der Waals surface area contributed by atoms with E-state index in [-0.39, 0.29) is 0 Å². The number of nitrogens with zero attached hydrogens (tertiary/aromatic N) is 1. The number of hydrogen-bond donors (Lipinski definition) is 2. The minimum absolute atomic E-state index is 0.566. The van der Waals surface area contributed by atoms with Crippen LogP contribution in [0.15, 0.2) is 12.3 Å². The molecular weight excluding hydrogens is 210 g/mol. The van der Waals surface area contributed by atoms with Gasteiger partial charge in [0.2, 0.25) is 0 Å². The highest BCUT2D eigenvalue weighted by Crippen LogP contribution is 2.31. The van der Waals surface area contributed by atoms with Crippen LogP contribution >= 0.6 is 0 Å². The van der Waals surface area contributed by atoms with Crippen molar-refractivity contribution in [3.8, 4) is 0 Å². The molecule has 1 saturated carbocycles. The molecule has 0 bridgehead atoms. The smallest absolute Gasteiger partial charge is 0.129 e. The average Bonchev–Trinajstić information content (AvgIpc) is 2.27. The van der Waals surface area contributed by atoms with Crippen molar-refractivity contribution >= 4 is 11.5 Å². The number of pyridine rings is 1. The number of nitrogens with one attached hydrogen (secondary N) is 1. The maximum absolute atomic E-state index is 5.71. The Bertz CT molecular complexity index is 389. The Labute approximate surface area is 104 Å². The van der Waals surface area contributed by atoms with Crippen molar-refractivity contribution in [2.75, 3.05) is 11.1 Å². The molecule has 1 aliphatic carbocycles. The molecule has 0 aromatic carbocycles. The summed E-state index contributed by atoms with van der Waals surface area (Å²) in [6, 6.07) is 2.54. The first kappa shape index (κ1) is 12.2. The third kappa shape index (κ3) is 2.90. The van der Waals surface area contributed by atoms with E-state index < -0.39 is 0 Å². The summed E-state index contributed by atoms with van der Waals surface area (Å²) in [6.45, 7) is 6.76. The maximum Gasteiger partial charge on any atom is 0.129 e. The molecule has 1 aromatic heterocycles. The van der Waals surface area contributed by atoms with Crippen LogP contribution < -0.4 is 11.1 Å². The molecule has 0 saturated heterocycles. The van der Waals surface area contributed by atoms with E-state index in [2.05, 4.69) is 31.1 Å². The van der Waals surface area contributed by atoms with Crippen LogP contribution in [0.4, 0.5) is 11.5 Å². The molecule has 1 aliphatic rings. The molecule has 3 nitrogen and oxygen atoms in total. The molecule has 3 atom stereocenters. The number of anilines is 2. The predicted molar refractivity (Wildman–Crippen MR) is 73.0 cm³/mol. The summed E-state index contributed by atoms with van der Waals surface area (Å²) in [5.41, 5.74) is 7.58. The monoisotopic (exact) mass is 233 g/mol. The Kier molecular flexibility index (Phi) is 3.55. The molecule has 0 radical (unpaired) electrons. The van der Waals surface area contributed by atoms with E-state index in [1.807, 2.05) is 6.07 Å². The van der Waals surface area contributed by atoms with E-state index in [0.717, 1.165) is 28.9 Å². The lowest BCUT2D eigenvalue weighted by atomic mass is 9.79. The second-order valence-electron chi connectivity index (χ2n) is 5.54.